The Balaban J connectivity index is 0.00000196. The molecule has 0 amide bonds. The van der Waals surface area contributed by atoms with Gasteiger partial charge in [0.05, 0.1) is 6.61 Å². The molecule has 0 saturated heterocycles. The number of hydrogen-bond acceptors (Lipinski definition) is 2. The van der Waals surface area contributed by atoms with Crippen molar-refractivity contribution in [2.75, 3.05) is 13.2 Å². The van der Waals surface area contributed by atoms with Gasteiger partial charge in [0.1, 0.15) is 5.75 Å². The Morgan fingerprint density at radius 1 is 1.13 bits per heavy atom. The molecule has 0 atom stereocenters. The van der Waals surface area contributed by atoms with Gasteiger partial charge in [-0.3, -0.25) is 0 Å². The van der Waals surface area contributed by atoms with Crippen LogP contribution in [0.4, 0.5) is 0 Å². The molecule has 0 bridgehead atoms. The molecule has 0 aliphatic carbocycles. The number of halogens is 1. The summed E-state index contributed by atoms with van der Waals surface area (Å²) < 4.78 is 5.37. The summed E-state index contributed by atoms with van der Waals surface area (Å²) in [5, 5.41) is 3.36. The summed E-state index contributed by atoms with van der Waals surface area (Å²) in [5.74, 6) is 0.951. The number of rotatable bonds is 6. The van der Waals surface area contributed by atoms with Crippen LogP contribution in [0.3, 0.4) is 0 Å². The fourth-order valence-corrected chi connectivity index (χ4v) is 1.28. The summed E-state index contributed by atoms with van der Waals surface area (Å²) in [6, 6.07) is 8.25. The van der Waals surface area contributed by atoms with Crippen molar-refractivity contribution in [3.63, 3.8) is 0 Å². The van der Waals surface area contributed by atoms with E-state index in [2.05, 4.69) is 24.4 Å². The number of hydrogen-bond donors (Lipinski definition) is 1. The van der Waals surface area contributed by atoms with Gasteiger partial charge < -0.3 is 22.5 Å². The third-order valence-electron chi connectivity index (χ3n) is 1.99. The summed E-state index contributed by atoms with van der Waals surface area (Å²) >= 11 is 0. The molecule has 1 rings (SSSR count). The Bertz CT molecular complexity index is 248. The van der Waals surface area contributed by atoms with Gasteiger partial charge in [-0.2, -0.15) is 0 Å². The lowest BCUT2D eigenvalue weighted by Gasteiger charge is -2.05. The summed E-state index contributed by atoms with van der Waals surface area (Å²) in [5.41, 5.74) is 1.31. The second kappa shape index (κ2) is 8.57. The van der Waals surface area contributed by atoms with Gasteiger partial charge >= 0.3 is 0 Å². The highest BCUT2D eigenvalue weighted by Crippen LogP contribution is 2.11. The molecular weight excluding hydrogens is 210 g/mol. The molecule has 0 saturated carbocycles. The minimum absolute atomic E-state index is 0. The highest BCUT2D eigenvalue weighted by molar-refractivity contribution is 5.27. The van der Waals surface area contributed by atoms with E-state index in [1.807, 2.05) is 19.1 Å². The average molecular weight is 229 g/mol. The molecule has 1 aromatic rings. The van der Waals surface area contributed by atoms with Crippen molar-refractivity contribution in [2.45, 2.75) is 26.8 Å². The van der Waals surface area contributed by atoms with E-state index in [4.69, 9.17) is 4.74 Å². The van der Waals surface area contributed by atoms with Crippen LogP contribution in [0.15, 0.2) is 24.3 Å². The fourth-order valence-electron chi connectivity index (χ4n) is 1.28. The van der Waals surface area contributed by atoms with Gasteiger partial charge in [0.15, 0.2) is 0 Å². The zero-order chi connectivity index (χ0) is 10.2. The zero-order valence-corrected chi connectivity index (χ0v) is 10.2. The van der Waals surface area contributed by atoms with Crippen LogP contribution in [0.1, 0.15) is 25.8 Å². The molecule has 0 unspecified atom stereocenters. The standard InChI is InChI=1S/C12H19NO.ClH/c1-3-9-13-10-11-5-7-12(8-6-11)14-4-2;/h5-8,13H,3-4,9-10H2,1-2H3;1H/p-1. The highest BCUT2D eigenvalue weighted by atomic mass is 35.5. The molecule has 1 aromatic carbocycles. The predicted molar refractivity (Wildman–Crippen MR) is 59.6 cm³/mol. The van der Waals surface area contributed by atoms with Crippen LogP contribution >= 0.6 is 0 Å². The third-order valence-corrected chi connectivity index (χ3v) is 1.99. The molecule has 0 spiro atoms. The molecule has 1 N–H and O–H groups in total. The molecule has 3 heteroatoms. The lowest BCUT2D eigenvalue weighted by Crippen LogP contribution is -3.00. The molecule has 0 radical (unpaired) electrons. The van der Waals surface area contributed by atoms with Crippen LogP contribution in [-0.4, -0.2) is 13.2 Å². The van der Waals surface area contributed by atoms with Crippen LogP contribution in [0.25, 0.3) is 0 Å². The second-order valence-electron chi connectivity index (χ2n) is 3.25. The lowest BCUT2D eigenvalue weighted by atomic mass is 10.2. The van der Waals surface area contributed by atoms with Crippen molar-refractivity contribution in [1.29, 1.82) is 0 Å². The normalized spacial score (nSPS) is 9.47. The second-order valence-corrected chi connectivity index (χ2v) is 3.25. The Morgan fingerprint density at radius 2 is 1.80 bits per heavy atom. The van der Waals surface area contributed by atoms with E-state index in [-0.39, 0.29) is 12.4 Å². The molecule has 0 aliphatic rings. The number of ether oxygens (including phenoxy) is 1. The third kappa shape index (κ3) is 5.65. The van der Waals surface area contributed by atoms with Crippen LogP contribution < -0.4 is 22.5 Å². The van der Waals surface area contributed by atoms with E-state index in [0.29, 0.717) is 0 Å². The van der Waals surface area contributed by atoms with Gasteiger partial charge in [0.25, 0.3) is 0 Å². The van der Waals surface area contributed by atoms with Gasteiger partial charge in [-0.15, -0.1) is 0 Å². The maximum atomic E-state index is 5.37. The average Bonchev–Trinajstić information content (AvgIpc) is 2.21. The van der Waals surface area contributed by atoms with Gasteiger partial charge in [-0.1, -0.05) is 19.1 Å². The quantitative estimate of drug-likeness (QED) is 0.669. The van der Waals surface area contributed by atoms with Crippen molar-refractivity contribution in [1.82, 2.24) is 5.32 Å². The van der Waals surface area contributed by atoms with Crippen molar-refractivity contribution in [3.05, 3.63) is 29.8 Å². The first-order valence-electron chi connectivity index (χ1n) is 5.29. The molecule has 0 aliphatic heterocycles. The molecule has 0 heterocycles. The Labute approximate surface area is 98.4 Å². The van der Waals surface area contributed by atoms with E-state index in [0.717, 1.165) is 25.4 Å². The van der Waals surface area contributed by atoms with Gasteiger partial charge in [0, 0.05) is 6.54 Å². The summed E-state index contributed by atoms with van der Waals surface area (Å²) in [6.45, 7) is 6.92. The van der Waals surface area contributed by atoms with Gasteiger partial charge in [0.2, 0.25) is 0 Å². The first kappa shape index (κ1) is 14.3. The minimum atomic E-state index is 0. The van der Waals surface area contributed by atoms with E-state index in [9.17, 15) is 0 Å². The molecular formula is C12H19ClNO-. The first-order valence-corrected chi connectivity index (χ1v) is 5.29. The van der Waals surface area contributed by atoms with Crippen molar-refractivity contribution < 1.29 is 17.1 Å². The summed E-state index contributed by atoms with van der Waals surface area (Å²) in [4.78, 5) is 0. The lowest BCUT2D eigenvalue weighted by molar-refractivity contribution is -0.00000360. The zero-order valence-electron chi connectivity index (χ0n) is 9.42. The van der Waals surface area contributed by atoms with Crippen molar-refractivity contribution in [3.8, 4) is 5.75 Å². The fraction of sp³-hybridized carbons (Fsp3) is 0.500. The smallest absolute Gasteiger partial charge is 0.119 e. The van der Waals surface area contributed by atoms with E-state index in [1.165, 1.54) is 12.0 Å². The number of nitrogens with one attached hydrogen (secondary N) is 1. The van der Waals surface area contributed by atoms with E-state index < -0.39 is 0 Å². The molecule has 2 nitrogen and oxygen atoms in total. The molecule has 0 fully saturated rings. The predicted octanol–water partition coefficient (Wildman–Crippen LogP) is -0.411. The molecule has 0 aromatic heterocycles. The van der Waals surface area contributed by atoms with Crippen molar-refractivity contribution >= 4 is 0 Å². The van der Waals surface area contributed by atoms with Crippen molar-refractivity contribution in [2.24, 2.45) is 0 Å². The summed E-state index contributed by atoms with van der Waals surface area (Å²) in [7, 11) is 0. The molecule has 86 valence electrons. The topological polar surface area (TPSA) is 21.3 Å². The summed E-state index contributed by atoms with van der Waals surface area (Å²) in [6.07, 6.45) is 1.18. The monoisotopic (exact) mass is 228 g/mol. The Kier molecular flexibility index (Phi) is 8.15. The largest absolute Gasteiger partial charge is 1.00 e. The van der Waals surface area contributed by atoms with Crippen LogP contribution in [0.5, 0.6) is 5.75 Å². The SMILES string of the molecule is CCCNCc1ccc(OCC)cc1.[Cl-]. The van der Waals surface area contributed by atoms with Crippen LogP contribution in [-0.2, 0) is 6.54 Å². The Hall–Kier alpha value is -0.730. The molecule has 15 heavy (non-hydrogen) atoms. The van der Waals surface area contributed by atoms with E-state index in [1.54, 1.807) is 0 Å². The highest BCUT2D eigenvalue weighted by Gasteiger charge is 1.93. The minimum Gasteiger partial charge on any atom is -1.00 e. The Morgan fingerprint density at radius 3 is 2.33 bits per heavy atom. The van der Waals surface area contributed by atoms with Crippen LogP contribution in [0.2, 0.25) is 0 Å². The maximum Gasteiger partial charge on any atom is 0.119 e. The maximum absolute atomic E-state index is 5.37. The first-order chi connectivity index (χ1) is 6.86. The van der Waals surface area contributed by atoms with Gasteiger partial charge in [-0.25, -0.2) is 0 Å². The number of benzene rings is 1. The van der Waals surface area contributed by atoms with Crippen LogP contribution in [0, 0.1) is 0 Å². The van der Waals surface area contributed by atoms with E-state index >= 15 is 0 Å². The van der Waals surface area contributed by atoms with Gasteiger partial charge in [-0.05, 0) is 37.6 Å².